The van der Waals surface area contributed by atoms with Crippen LogP contribution in [0.2, 0.25) is 5.02 Å². The molecule has 16 heavy (non-hydrogen) atoms. The summed E-state index contributed by atoms with van der Waals surface area (Å²) in [6.07, 6.45) is 0.0148. The van der Waals surface area contributed by atoms with Gasteiger partial charge >= 0.3 is 5.97 Å². The molecule has 2 rings (SSSR count). The van der Waals surface area contributed by atoms with Crippen molar-refractivity contribution in [3.05, 3.63) is 34.5 Å². The maximum absolute atomic E-state index is 10.7. The maximum atomic E-state index is 10.7. The highest BCUT2D eigenvalue weighted by atomic mass is 35.5. The fraction of sp³-hybridized carbons (Fsp3) is 0.250. The second kappa shape index (κ2) is 3.83. The minimum atomic E-state index is -0.834. The number of halogens is 1. The summed E-state index contributed by atoms with van der Waals surface area (Å²) in [5.74, 6) is -0.834. The third-order valence-corrected chi connectivity index (χ3v) is 3.10. The molecule has 0 atom stereocenters. The van der Waals surface area contributed by atoms with Crippen molar-refractivity contribution in [2.75, 3.05) is 0 Å². The van der Waals surface area contributed by atoms with E-state index in [4.69, 9.17) is 16.7 Å². The Morgan fingerprint density at radius 3 is 2.75 bits per heavy atom. The SMILES string of the molecule is Cc1ccc(Cl)c2cc(CC(=O)O)n(C)c12. The number of hydrogen-bond donors (Lipinski definition) is 1. The van der Waals surface area contributed by atoms with Gasteiger partial charge in [0.15, 0.2) is 0 Å². The first kappa shape index (κ1) is 11.0. The largest absolute Gasteiger partial charge is 0.481 e. The Hall–Kier alpha value is -1.48. The number of fused-ring (bicyclic) bond motifs is 1. The van der Waals surface area contributed by atoms with Crippen LogP contribution in [0.4, 0.5) is 0 Å². The highest BCUT2D eigenvalue weighted by Crippen LogP contribution is 2.29. The summed E-state index contributed by atoms with van der Waals surface area (Å²) >= 11 is 6.09. The molecule has 1 heterocycles. The van der Waals surface area contributed by atoms with Gasteiger partial charge in [-0.05, 0) is 24.6 Å². The molecule has 0 bridgehead atoms. The van der Waals surface area contributed by atoms with E-state index in [1.807, 2.05) is 36.7 Å². The van der Waals surface area contributed by atoms with E-state index in [2.05, 4.69) is 0 Å². The van der Waals surface area contributed by atoms with E-state index in [1.165, 1.54) is 0 Å². The molecule has 0 aliphatic heterocycles. The summed E-state index contributed by atoms with van der Waals surface area (Å²) in [6, 6.07) is 5.62. The lowest BCUT2D eigenvalue weighted by molar-refractivity contribution is -0.136. The number of rotatable bonds is 2. The molecule has 0 radical (unpaired) electrons. The fourth-order valence-corrected chi connectivity index (χ4v) is 2.21. The number of carboxylic acids is 1. The van der Waals surface area contributed by atoms with Crippen molar-refractivity contribution >= 4 is 28.5 Å². The number of aryl methyl sites for hydroxylation is 2. The van der Waals surface area contributed by atoms with Gasteiger partial charge < -0.3 is 9.67 Å². The topological polar surface area (TPSA) is 42.2 Å². The van der Waals surface area contributed by atoms with Gasteiger partial charge in [-0.1, -0.05) is 17.7 Å². The van der Waals surface area contributed by atoms with Crippen LogP contribution >= 0.6 is 11.6 Å². The van der Waals surface area contributed by atoms with Gasteiger partial charge in [0.25, 0.3) is 0 Å². The van der Waals surface area contributed by atoms with Gasteiger partial charge in [0.2, 0.25) is 0 Å². The molecule has 0 amide bonds. The first-order valence-electron chi connectivity index (χ1n) is 4.96. The Labute approximate surface area is 98.3 Å². The first-order valence-corrected chi connectivity index (χ1v) is 5.33. The lowest BCUT2D eigenvalue weighted by Crippen LogP contribution is -2.05. The summed E-state index contributed by atoms with van der Waals surface area (Å²) in [5, 5.41) is 10.4. The zero-order chi connectivity index (χ0) is 11.9. The third kappa shape index (κ3) is 1.67. The molecule has 0 aliphatic rings. The van der Waals surface area contributed by atoms with Crippen molar-refractivity contribution in [3.8, 4) is 0 Å². The molecular formula is C12H12ClNO2. The van der Waals surface area contributed by atoms with Gasteiger partial charge in [0.05, 0.1) is 11.9 Å². The molecule has 2 aromatic rings. The molecule has 1 N–H and O–H groups in total. The van der Waals surface area contributed by atoms with Crippen LogP contribution in [0, 0.1) is 6.92 Å². The molecule has 0 aliphatic carbocycles. The van der Waals surface area contributed by atoms with Crippen molar-refractivity contribution in [2.24, 2.45) is 7.05 Å². The van der Waals surface area contributed by atoms with Crippen molar-refractivity contribution in [3.63, 3.8) is 0 Å². The number of aliphatic carboxylic acids is 1. The molecule has 0 spiro atoms. The maximum Gasteiger partial charge on any atom is 0.309 e. The molecule has 1 aromatic carbocycles. The summed E-state index contributed by atoms with van der Waals surface area (Å²) < 4.78 is 1.89. The zero-order valence-corrected chi connectivity index (χ0v) is 9.88. The summed E-state index contributed by atoms with van der Waals surface area (Å²) in [4.78, 5) is 10.7. The minimum Gasteiger partial charge on any atom is -0.481 e. The Morgan fingerprint density at radius 2 is 2.19 bits per heavy atom. The van der Waals surface area contributed by atoms with E-state index in [0.717, 1.165) is 22.2 Å². The highest BCUT2D eigenvalue weighted by Gasteiger charge is 2.12. The van der Waals surface area contributed by atoms with Crippen molar-refractivity contribution in [1.29, 1.82) is 0 Å². The first-order chi connectivity index (χ1) is 7.50. The van der Waals surface area contributed by atoms with Crippen LogP contribution in [0.25, 0.3) is 10.9 Å². The fourth-order valence-electron chi connectivity index (χ4n) is 2.01. The summed E-state index contributed by atoms with van der Waals surface area (Å²) in [5.41, 5.74) is 2.86. The minimum absolute atomic E-state index is 0.0148. The molecule has 0 unspecified atom stereocenters. The predicted molar refractivity (Wildman–Crippen MR) is 64.0 cm³/mol. The van der Waals surface area contributed by atoms with Gasteiger partial charge in [-0.3, -0.25) is 4.79 Å². The standard InChI is InChI=1S/C12H12ClNO2/c1-7-3-4-10(13)9-5-8(6-11(15)16)14(2)12(7)9/h3-5H,6H2,1-2H3,(H,15,16). The van der Waals surface area contributed by atoms with E-state index in [1.54, 1.807) is 0 Å². The Balaban J connectivity index is 2.72. The molecule has 4 heteroatoms. The second-order valence-electron chi connectivity index (χ2n) is 3.89. The molecule has 0 fully saturated rings. The Morgan fingerprint density at radius 1 is 1.50 bits per heavy atom. The number of benzene rings is 1. The van der Waals surface area contributed by atoms with Crippen LogP contribution in [0.15, 0.2) is 18.2 Å². The van der Waals surface area contributed by atoms with E-state index < -0.39 is 5.97 Å². The van der Waals surface area contributed by atoms with Crippen LogP contribution < -0.4 is 0 Å². The van der Waals surface area contributed by atoms with Gasteiger partial charge in [0, 0.05) is 23.2 Å². The number of hydrogen-bond acceptors (Lipinski definition) is 1. The lowest BCUT2D eigenvalue weighted by atomic mass is 10.1. The normalized spacial score (nSPS) is 10.9. The van der Waals surface area contributed by atoms with Crippen molar-refractivity contribution in [1.82, 2.24) is 4.57 Å². The lowest BCUT2D eigenvalue weighted by Gasteiger charge is -2.04. The Bertz CT molecular complexity index is 572. The number of nitrogens with zero attached hydrogens (tertiary/aromatic N) is 1. The van der Waals surface area contributed by atoms with Crippen LogP contribution in [0.3, 0.4) is 0 Å². The van der Waals surface area contributed by atoms with Crippen LogP contribution in [-0.4, -0.2) is 15.6 Å². The van der Waals surface area contributed by atoms with Crippen LogP contribution in [0.1, 0.15) is 11.3 Å². The highest BCUT2D eigenvalue weighted by molar-refractivity contribution is 6.35. The zero-order valence-electron chi connectivity index (χ0n) is 9.12. The average Bonchev–Trinajstić information content (AvgIpc) is 2.51. The van der Waals surface area contributed by atoms with Gasteiger partial charge in [-0.25, -0.2) is 0 Å². The second-order valence-corrected chi connectivity index (χ2v) is 4.30. The molecule has 0 saturated heterocycles. The van der Waals surface area contributed by atoms with Crippen LogP contribution in [-0.2, 0) is 18.3 Å². The predicted octanol–water partition coefficient (Wildman–Crippen LogP) is 2.77. The Kier molecular flexibility index (Phi) is 2.64. The van der Waals surface area contributed by atoms with Gasteiger partial charge in [-0.2, -0.15) is 0 Å². The molecule has 84 valence electrons. The molecule has 1 aromatic heterocycles. The third-order valence-electron chi connectivity index (χ3n) is 2.78. The summed E-state index contributed by atoms with van der Waals surface area (Å²) in [7, 11) is 1.87. The van der Waals surface area contributed by atoms with E-state index in [9.17, 15) is 4.79 Å². The number of aromatic nitrogens is 1. The van der Waals surface area contributed by atoms with Gasteiger partial charge in [-0.15, -0.1) is 0 Å². The summed E-state index contributed by atoms with van der Waals surface area (Å²) in [6.45, 7) is 1.99. The monoisotopic (exact) mass is 237 g/mol. The van der Waals surface area contributed by atoms with E-state index in [-0.39, 0.29) is 6.42 Å². The molecule has 0 saturated carbocycles. The van der Waals surface area contributed by atoms with E-state index in [0.29, 0.717) is 5.02 Å². The number of carbonyl (C=O) groups is 1. The quantitative estimate of drug-likeness (QED) is 0.873. The van der Waals surface area contributed by atoms with E-state index >= 15 is 0 Å². The average molecular weight is 238 g/mol. The molecule has 3 nitrogen and oxygen atoms in total. The smallest absolute Gasteiger partial charge is 0.309 e. The van der Waals surface area contributed by atoms with Gasteiger partial charge in [0.1, 0.15) is 0 Å². The molecular weight excluding hydrogens is 226 g/mol. The van der Waals surface area contributed by atoms with Crippen LogP contribution in [0.5, 0.6) is 0 Å². The van der Waals surface area contributed by atoms with Crippen molar-refractivity contribution in [2.45, 2.75) is 13.3 Å². The van der Waals surface area contributed by atoms with Crippen molar-refractivity contribution < 1.29 is 9.90 Å². The number of carboxylic acid groups (broad SMARTS) is 1.